The van der Waals surface area contributed by atoms with E-state index in [1.165, 1.54) is 24.0 Å². The summed E-state index contributed by atoms with van der Waals surface area (Å²) in [5, 5.41) is 3.86. The summed E-state index contributed by atoms with van der Waals surface area (Å²) in [6, 6.07) is 9.82. The molecule has 2 rings (SSSR count). The van der Waals surface area contributed by atoms with Crippen LogP contribution in [0.2, 0.25) is 0 Å². The van der Waals surface area contributed by atoms with E-state index in [2.05, 4.69) is 64.2 Å². The van der Waals surface area contributed by atoms with Crippen molar-refractivity contribution in [2.24, 2.45) is 5.92 Å². The fourth-order valence-electron chi connectivity index (χ4n) is 3.32. The number of benzene rings is 1. The van der Waals surface area contributed by atoms with E-state index in [-0.39, 0.29) is 0 Å². The Hall–Kier alpha value is -0.860. The molecule has 2 heteroatoms. The van der Waals surface area contributed by atoms with E-state index in [1.807, 2.05) is 0 Å². The van der Waals surface area contributed by atoms with Crippen LogP contribution >= 0.6 is 0 Å². The lowest BCUT2D eigenvalue weighted by molar-refractivity contribution is 0.101. The van der Waals surface area contributed by atoms with Crippen LogP contribution in [0.25, 0.3) is 0 Å². The Morgan fingerprint density at radius 1 is 1.29 bits per heavy atom. The van der Waals surface area contributed by atoms with Crippen molar-refractivity contribution in [1.82, 2.24) is 5.32 Å². The third kappa shape index (κ3) is 3.87. The molecule has 0 saturated heterocycles. The second-order valence-electron chi connectivity index (χ2n) is 7.24. The summed E-state index contributed by atoms with van der Waals surface area (Å²) in [5.74, 6) is 0.582. The van der Waals surface area contributed by atoms with Crippen molar-refractivity contribution < 1.29 is 4.74 Å². The summed E-state index contributed by atoms with van der Waals surface area (Å²) >= 11 is 0. The van der Waals surface area contributed by atoms with Gasteiger partial charge in [-0.2, -0.15) is 0 Å². The Kier molecular flexibility index (Phi) is 5.45. The third-order valence-electron chi connectivity index (χ3n) is 4.84. The largest absolute Gasteiger partial charge is 0.380 e. The van der Waals surface area contributed by atoms with Crippen LogP contribution in [0.15, 0.2) is 24.3 Å². The summed E-state index contributed by atoms with van der Waals surface area (Å²) in [6.45, 7) is 12.9. The predicted molar refractivity (Wildman–Crippen MR) is 89.7 cm³/mol. The first kappa shape index (κ1) is 16.5. The van der Waals surface area contributed by atoms with Crippen molar-refractivity contribution in [2.45, 2.75) is 65.0 Å². The molecule has 118 valence electrons. The summed E-state index contributed by atoms with van der Waals surface area (Å²) in [5.41, 5.74) is 3.28. The van der Waals surface area contributed by atoms with Gasteiger partial charge in [-0.05, 0) is 42.2 Å². The molecule has 0 amide bonds. The number of ether oxygens (including phenoxy) is 1. The van der Waals surface area contributed by atoms with Crippen LogP contribution in [0.4, 0.5) is 0 Å². The van der Waals surface area contributed by atoms with Crippen LogP contribution in [0.1, 0.15) is 64.6 Å². The smallest absolute Gasteiger partial charge is 0.0622 e. The normalized spacial score (nSPS) is 22.1. The van der Waals surface area contributed by atoms with Gasteiger partial charge in [-0.25, -0.2) is 0 Å². The van der Waals surface area contributed by atoms with Crippen LogP contribution < -0.4 is 5.32 Å². The zero-order valence-electron chi connectivity index (χ0n) is 14.3. The molecule has 21 heavy (non-hydrogen) atoms. The summed E-state index contributed by atoms with van der Waals surface area (Å²) in [4.78, 5) is 0. The van der Waals surface area contributed by atoms with Gasteiger partial charge >= 0.3 is 0 Å². The third-order valence-corrected chi connectivity index (χ3v) is 4.84. The number of fused-ring (bicyclic) bond motifs is 1. The first-order valence-corrected chi connectivity index (χ1v) is 8.39. The maximum Gasteiger partial charge on any atom is 0.0622 e. The highest BCUT2D eigenvalue weighted by Crippen LogP contribution is 2.41. The molecule has 1 aromatic carbocycles. The monoisotopic (exact) mass is 289 g/mol. The summed E-state index contributed by atoms with van der Waals surface area (Å²) in [6.07, 6.45) is 2.44. The predicted octanol–water partition coefficient (Wildman–Crippen LogP) is 4.45. The first-order valence-electron chi connectivity index (χ1n) is 8.39. The van der Waals surface area contributed by atoms with E-state index < -0.39 is 0 Å². The van der Waals surface area contributed by atoms with Crippen molar-refractivity contribution in [2.75, 3.05) is 13.2 Å². The minimum Gasteiger partial charge on any atom is -0.380 e. The van der Waals surface area contributed by atoms with Gasteiger partial charge in [0.05, 0.1) is 6.61 Å². The molecule has 0 aromatic heterocycles. The zero-order chi connectivity index (χ0) is 15.5. The molecule has 2 unspecified atom stereocenters. The first-order chi connectivity index (χ1) is 9.95. The second kappa shape index (κ2) is 6.93. The van der Waals surface area contributed by atoms with Crippen LogP contribution in [0, 0.1) is 5.92 Å². The highest BCUT2D eigenvalue weighted by Gasteiger charge is 2.33. The van der Waals surface area contributed by atoms with Crippen LogP contribution in [-0.4, -0.2) is 19.3 Å². The Morgan fingerprint density at radius 2 is 2.00 bits per heavy atom. The van der Waals surface area contributed by atoms with Crippen LogP contribution in [-0.2, 0) is 10.2 Å². The van der Waals surface area contributed by atoms with Gasteiger partial charge in [-0.1, -0.05) is 52.0 Å². The van der Waals surface area contributed by atoms with Crippen molar-refractivity contribution >= 4 is 0 Å². The average Bonchev–Trinajstić information content (AvgIpc) is 2.45. The number of hydrogen-bond acceptors (Lipinski definition) is 2. The van der Waals surface area contributed by atoms with E-state index >= 15 is 0 Å². The Balaban J connectivity index is 2.17. The van der Waals surface area contributed by atoms with Crippen LogP contribution in [0.3, 0.4) is 0 Å². The quantitative estimate of drug-likeness (QED) is 0.835. The van der Waals surface area contributed by atoms with Gasteiger partial charge in [0.15, 0.2) is 0 Å². The molecule has 0 bridgehead atoms. The van der Waals surface area contributed by atoms with Gasteiger partial charge in [-0.15, -0.1) is 0 Å². The molecule has 1 aromatic rings. The molecule has 2 nitrogen and oxygen atoms in total. The Bertz CT molecular complexity index is 453. The molecule has 0 saturated carbocycles. The fourth-order valence-corrected chi connectivity index (χ4v) is 3.32. The molecule has 2 atom stereocenters. The molecule has 1 aliphatic rings. The maximum absolute atomic E-state index is 5.66. The minimum atomic E-state index is 0.294. The van der Waals surface area contributed by atoms with Gasteiger partial charge in [0.2, 0.25) is 0 Å². The van der Waals surface area contributed by atoms with Crippen molar-refractivity contribution in [1.29, 1.82) is 0 Å². The fraction of sp³-hybridized carbons (Fsp3) is 0.684. The highest BCUT2D eigenvalue weighted by molar-refractivity contribution is 5.38. The SMILES string of the molecule is CCOCC(NC1CCC(C)(C)c2ccccc21)C(C)C. The summed E-state index contributed by atoms with van der Waals surface area (Å²) in [7, 11) is 0. The Labute approximate surface area is 130 Å². The number of rotatable bonds is 6. The van der Waals surface area contributed by atoms with Gasteiger partial charge in [0.1, 0.15) is 0 Å². The van der Waals surface area contributed by atoms with Gasteiger partial charge in [0, 0.05) is 18.7 Å². The highest BCUT2D eigenvalue weighted by atomic mass is 16.5. The average molecular weight is 289 g/mol. The lowest BCUT2D eigenvalue weighted by Crippen LogP contribution is -2.43. The lowest BCUT2D eigenvalue weighted by atomic mass is 9.71. The molecule has 0 fully saturated rings. The van der Waals surface area contributed by atoms with E-state index in [0.717, 1.165) is 13.2 Å². The Morgan fingerprint density at radius 3 is 2.67 bits per heavy atom. The standard InChI is InChI=1S/C19H31NO/c1-6-21-13-18(14(2)3)20-17-11-12-19(4,5)16-10-8-7-9-15(16)17/h7-10,14,17-18,20H,6,11-13H2,1-5H3. The molecular weight excluding hydrogens is 258 g/mol. The van der Waals surface area contributed by atoms with Gasteiger partial charge < -0.3 is 10.1 Å². The number of hydrogen-bond donors (Lipinski definition) is 1. The topological polar surface area (TPSA) is 21.3 Å². The zero-order valence-corrected chi connectivity index (χ0v) is 14.3. The van der Waals surface area contributed by atoms with E-state index in [4.69, 9.17) is 4.74 Å². The van der Waals surface area contributed by atoms with Gasteiger partial charge in [0.25, 0.3) is 0 Å². The maximum atomic E-state index is 5.66. The van der Waals surface area contributed by atoms with E-state index in [9.17, 15) is 0 Å². The van der Waals surface area contributed by atoms with Crippen molar-refractivity contribution in [3.05, 3.63) is 35.4 Å². The molecule has 0 heterocycles. The van der Waals surface area contributed by atoms with Crippen molar-refractivity contribution in [3.8, 4) is 0 Å². The second-order valence-corrected chi connectivity index (χ2v) is 7.24. The van der Waals surface area contributed by atoms with E-state index in [0.29, 0.717) is 23.4 Å². The van der Waals surface area contributed by atoms with Gasteiger partial charge in [-0.3, -0.25) is 0 Å². The molecule has 1 aliphatic carbocycles. The van der Waals surface area contributed by atoms with E-state index in [1.54, 1.807) is 0 Å². The summed E-state index contributed by atoms with van der Waals surface area (Å²) < 4.78 is 5.66. The van der Waals surface area contributed by atoms with Crippen molar-refractivity contribution in [3.63, 3.8) is 0 Å². The van der Waals surface area contributed by atoms with Crippen LogP contribution in [0.5, 0.6) is 0 Å². The number of nitrogens with one attached hydrogen (secondary N) is 1. The lowest BCUT2D eigenvalue weighted by Gasteiger charge is -2.39. The minimum absolute atomic E-state index is 0.294. The molecule has 0 spiro atoms. The molecule has 1 N–H and O–H groups in total. The molecule has 0 radical (unpaired) electrons. The molecule has 0 aliphatic heterocycles. The molecular formula is C19H31NO.